The van der Waals surface area contributed by atoms with Crippen LogP contribution in [0.1, 0.15) is 6.42 Å². The van der Waals surface area contributed by atoms with Crippen LogP contribution in [0.15, 0.2) is 24.3 Å². The van der Waals surface area contributed by atoms with Gasteiger partial charge >= 0.3 is 0 Å². The second-order valence-corrected chi connectivity index (χ2v) is 4.86. The number of nitrogens with one attached hydrogen (secondary N) is 1. The van der Waals surface area contributed by atoms with E-state index < -0.39 is 0 Å². The molecule has 0 aliphatic carbocycles. The molecule has 0 spiro atoms. The van der Waals surface area contributed by atoms with Crippen LogP contribution in [0.4, 0.5) is 5.69 Å². The van der Waals surface area contributed by atoms with Gasteiger partial charge in [-0.2, -0.15) is 0 Å². The Balaban J connectivity index is 2.10. The Hall–Kier alpha value is -1.79. The first-order valence-corrected chi connectivity index (χ1v) is 7.04. The van der Waals surface area contributed by atoms with Gasteiger partial charge < -0.3 is 20.5 Å². The molecule has 1 rings (SSSR count). The van der Waals surface area contributed by atoms with E-state index in [0.29, 0.717) is 32.0 Å². The van der Waals surface area contributed by atoms with Crippen LogP contribution in [-0.2, 0) is 9.53 Å². The first-order chi connectivity index (χ1) is 10.1. The summed E-state index contributed by atoms with van der Waals surface area (Å²) in [7, 11) is 3.52. The van der Waals surface area contributed by atoms with E-state index in [9.17, 15) is 4.79 Å². The van der Waals surface area contributed by atoms with E-state index in [1.54, 1.807) is 13.2 Å². The molecule has 0 aromatic heterocycles. The standard InChI is InChI=1S/C15H25N3O3/c1-18(12-15(19)17-7-10-20-2)8-4-9-21-14-6-3-5-13(16)11-14/h3,5-6,11H,4,7-10,12,16H2,1-2H3,(H,17,19). The van der Waals surface area contributed by atoms with Crippen LogP contribution in [0.2, 0.25) is 0 Å². The number of carbonyl (C=O) groups is 1. The molecule has 3 N–H and O–H groups in total. The molecule has 0 fully saturated rings. The smallest absolute Gasteiger partial charge is 0.234 e. The van der Waals surface area contributed by atoms with Crippen molar-refractivity contribution in [2.75, 3.05) is 52.7 Å². The van der Waals surface area contributed by atoms with Crippen LogP contribution in [0, 0.1) is 0 Å². The fraction of sp³-hybridized carbons (Fsp3) is 0.533. The number of nitrogens with two attached hydrogens (primary N) is 1. The summed E-state index contributed by atoms with van der Waals surface area (Å²) in [5, 5.41) is 2.79. The summed E-state index contributed by atoms with van der Waals surface area (Å²) in [4.78, 5) is 13.5. The Morgan fingerprint density at radius 2 is 2.19 bits per heavy atom. The van der Waals surface area contributed by atoms with Crippen molar-refractivity contribution in [3.63, 3.8) is 0 Å². The van der Waals surface area contributed by atoms with Crippen LogP contribution in [0.3, 0.4) is 0 Å². The summed E-state index contributed by atoms with van der Waals surface area (Å²) in [6.45, 7) is 2.84. The number of hydrogen-bond donors (Lipinski definition) is 2. The van der Waals surface area contributed by atoms with Gasteiger partial charge in [-0.15, -0.1) is 0 Å². The molecule has 6 nitrogen and oxygen atoms in total. The summed E-state index contributed by atoms with van der Waals surface area (Å²) < 4.78 is 10.5. The minimum Gasteiger partial charge on any atom is -0.493 e. The predicted octanol–water partition coefficient (Wildman–Crippen LogP) is 0.732. The average Bonchev–Trinajstić information content (AvgIpc) is 2.44. The molecular formula is C15H25N3O3. The van der Waals surface area contributed by atoms with Crippen molar-refractivity contribution in [1.29, 1.82) is 0 Å². The quantitative estimate of drug-likeness (QED) is 0.491. The van der Waals surface area contributed by atoms with Crippen LogP contribution in [-0.4, -0.2) is 57.8 Å². The number of amides is 1. The van der Waals surface area contributed by atoms with E-state index in [-0.39, 0.29) is 5.91 Å². The van der Waals surface area contributed by atoms with Gasteiger partial charge in [0.05, 0.1) is 19.8 Å². The second kappa shape index (κ2) is 10.0. The van der Waals surface area contributed by atoms with E-state index in [1.807, 2.05) is 30.1 Å². The maximum absolute atomic E-state index is 11.6. The zero-order valence-electron chi connectivity index (χ0n) is 12.8. The number of nitrogen functional groups attached to an aromatic ring is 1. The van der Waals surface area contributed by atoms with Gasteiger partial charge in [0.1, 0.15) is 5.75 Å². The number of nitrogens with zero attached hydrogens (tertiary/aromatic N) is 1. The minimum atomic E-state index is 0.00583. The number of carbonyl (C=O) groups excluding carboxylic acids is 1. The topological polar surface area (TPSA) is 76.8 Å². The zero-order valence-corrected chi connectivity index (χ0v) is 12.8. The van der Waals surface area contributed by atoms with Gasteiger partial charge in [0, 0.05) is 32.0 Å². The minimum absolute atomic E-state index is 0.00583. The van der Waals surface area contributed by atoms with Crippen molar-refractivity contribution in [2.24, 2.45) is 0 Å². The molecule has 21 heavy (non-hydrogen) atoms. The van der Waals surface area contributed by atoms with Gasteiger partial charge in [-0.25, -0.2) is 0 Å². The fourth-order valence-corrected chi connectivity index (χ4v) is 1.80. The van der Waals surface area contributed by atoms with Crippen LogP contribution in [0.5, 0.6) is 5.75 Å². The number of anilines is 1. The Labute approximate surface area is 126 Å². The molecule has 0 aliphatic heterocycles. The van der Waals surface area contributed by atoms with Crippen LogP contribution >= 0.6 is 0 Å². The molecule has 0 saturated heterocycles. The summed E-state index contributed by atoms with van der Waals surface area (Å²) in [6.07, 6.45) is 0.844. The largest absolute Gasteiger partial charge is 0.493 e. The number of rotatable bonds is 10. The molecule has 1 aromatic rings. The summed E-state index contributed by atoms with van der Waals surface area (Å²) in [5.41, 5.74) is 6.37. The van der Waals surface area contributed by atoms with Gasteiger partial charge in [0.15, 0.2) is 0 Å². The monoisotopic (exact) mass is 295 g/mol. The molecule has 6 heteroatoms. The van der Waals surface area contributed by atoms with E-state index in [4.69, 9.17) is 15.2 Å². The van der Waals surface area contributed by atoms with Gasteiger partial charge in [-0.1, -0.05) is 6.07 Å². The van der Waals surface area contributed by atoms with Gasteiger partial charge in [-0.05, 0) is 25.6 Å². The Morgan fingerprint density at radius 1 is 1.38 bits per heavy atom. The lowest BCUT2D eigenvalue weighted by molar-refractivity contribution is -0.122. The Bertz CT molecular complexity index is 426. The van der Waals surface area contributed by atoms with E-state index >= 15 is 0 Å². The number of hydrogen-bond acceptors (Lipinski definition) is 5. The maximum Gasteiger partial charge on any atom is 0.234 e. The van der Waals surface area contributed by atoms with E-state index in [1.165, 1.54) is 0 Å². The third-order valence-corrected chi connectivity index (χ3v) is 2.85. The predicted molar refractivity (Wildman–Crippen MR) is 83.3 cm³/mol. The Morgan fingerprint density at radius 3 is 2.90 bits per heavy atom. The van der Waals surface area contributed by atoms with Crippen molar-refractivity contribution < 1.29 is 14.3 Å². The molecular weight excluding hydrogens is 270 g/mol. The lowest BCUT2D eigenvalue weighted by Gasteiger charge is -2.16. The first-order valence-electron chi connectivity index (χ1n) is 7.04. The normalized spacial score (nSPS) is 10.6. The highest BCUT2D eigenvalue weighted by molar-refractivity contribution is 5.77. The molecule has 0 heterocycles. The molecule has 1 amide bonds. The van der Waals surface area contributed by atoms with E-state index in [0.717, 1.165) is 18.7 Å². The number of ether oxygens (including phenoxy) is 2. The molecule has 0 radical (unpaired) electrons. The third kappa shape index (κ3) is 8.16. The van der Waals surface area contributed by atoms with Gasteiger partial charge in [-0.3, -0.25) is 9.69 Å². The summed E-state index contributed by atoms with van der Waals surface area (Å²) in [6, 6.07) is 7.36. The number of methoxy groups -OCH3 is 1. The SMILES string of the molecule is COCCNC(=O)CN(C)CCCOc1cccc(N)c1. The maximum atomic E-state index is 11.6. The van der Waals surface area contributed by atoms with Crippen LogP contribution in [0.25, 0.3) is 0 Å². The molecule has 0 atom stereocenters. The van der Waals surface area contributed by atoms with Crippen molar-refractivity contribution >= 4 is 11.6 Å². The summed E-state index contributed by atoms with van der Waals surface area (Å²) >= 11 is 0. The lowest BCUT2D eigenvalue weighted by Crippen LogP contribution is -2.37. The molecule has 118 valence electrons. The number of benzene rings is 1. The fourth-order valence-electron chi connectivity index (χ4n) is 1.80. The molecule has 0 aliphatic rings. The van der Waals surface area contributed by atoms with Gasteiger partial charge in [0.25, 0.3) is 0 Å². The second-order valence-electron chi connectivity index (χ2n) is 4.86. The highest BCUT2D eigenvalue weighted by Crippen LogP contribution is 2.14. The third-order valence-electron chi connectivity index (χ3n) is 2.85. The van der Waals surface area contributed by atoms with Crippen molar-refractivity contribution in [3.05, 3.63) is 24.3 Å². The van der Waals surface area contributed by atoms with E-state index in [2.05, 4.69) is 5.32 Å². The van der Waals surface area contributed by atoms with Gasteiger partial charge in [0.2, 0.25) is 5.91 Å². The highest BCUT2D eigenvalue weighted by Gasteiger charge is 2.05. The molecule has 1 aromatic carbocycles. The Kier molecular flexibility index (Phi) is 8.23. The molecule has 0 bridgehead atoms. The van der Waals surface area contributed by atoms with Crippen molar-refractivity contribution in [2.45, 2.75) is 6.42 Å². The lowest BCUT2D eigenvalue weighted by atomic mass is 10.3. The number of likely N-dealkylation sites (N-methyl/N-ethyl adjacent to an activating group) is 1. The van der Waals surface area contributed by atoms with Crippen LogP contribution < -0.4 is 15.8 Å². The first kappa shape index (κ1) is 17.3. The summed E-state index contributed by atoms with van der Waals surface area (Å²) in [5.74, 6) is 0.779. The van der Waals surface area contributed by atoms with Crippen molar-refractivity contribution in [1.82, 2.24) is 10.2 Å². The molecule has 0 unspecified atom stereocenters. The average molecular weight is 295 g/mol. The van der Waals surface area contributed by atoms with Crippen molar-refractivity contribution in [3.8, 4) is 5.75 Å². The zero-order chi connectivity index (χ0) is 15.5. The highest BCUT2D eigenvalue weighted by atomic mass is 16.5. The molecule has 0 saturated carbocycles.